The average Bonchev–Trinajstić information content (AvgIpc) is 2.44. The van der Waals surface area contributed by atoms with Gasteiger partial charge in [-0.2, -0.15) is 0 Å². The highest BCUT2D eigenvalue weighted by Crippen LogP contribution is 2.36. The van der Waals surface area contributed by atoms with E-state index in [4.69, 9.17) is 5.73 Å². The van der Waals surface area contributed by atoms with Crippen LogP contribution in [0.3, 0.4) is 0 Å². The van der Waals surface area contributed by atoms with Gasteiger partial charge in [0, 0.05) is 30.4 Å². The van der Waals surface area contributed by atoms with Crippen molar-refractivity contribution in [1.29, 1.82) is 0 Å². The Bertz CT molecular complexity index is 729. The summed E-state index contributed by atoms with van der Waals surface area (Å²) in [5.74, 6) is -0.587. The van der Waals surface area contributed by atoms with Gasteiger partial charge in [-0.3, -0.25) is 9.78 Å². The number of rotatable bonds is 1. The van der Waals surface area contributed by atoms with Crippen molar-refractivity contribution in [1.82, 2.24) is 10.3 Å². The Morgan fingerprint density at radius 2 is 2.24 bits per heavy atom. The van der Waals surface area contributed by atoms with Gasteiger partial charge < -0.3 is 16.0 Å². The summed E-state index contributed by atoms with van der Waals surface area (Å²) in [4.78, 5) is 18.1. The fourth-order valence-corrected chi connectivity index (χ4v) is 2.77. The van der Waals surface area contributed by atoms with E-state index in [-0.39, 0.29) is 5.91 Å². The highest BCUT2D eigenvalue weighted by molar-refractivity contribution is 6.01. The van der Waals surface area contributed by atoms with Crippen molar-refractivity contribution in [2.24, 2.45) is 0 Å². The number of pyridine rings is 1. The van der Waals surface area contributed by atoms with E-state index in [1.54, 1.807) is 37.1 Å². The minimum absolute atomic E-state index is 0.131. The van der Waals surface area contributed by atoms with Gasteiger partial charge in [0.05, 0.1) is 5.52 Å². The summed E-state index contributed by atoms with van der Waals surface area (Å²) < 4.78 is 14.5. The fourth-order valence-electron chi connectivity index (χ4n) is 2.77. The third kappa shape index (κ3) is 1.98. The van der Waals surface area contributed by atoms with Crippen molar-refractivity contribution in [3.05, 3.63) is 30.2 Å². The van der Waals surface area contributed by atoms with Crippen molar-refractivity contribution >= 4 is 28.2 Å². The number of amides is 1. The zero-order valence-corrected chi connectivity index (χ0v) is 12.0. The zero-order chi connectivity index (χ0) is 15.2. The van der Waals surface area contributed by atoms with Crippen LogP contribution in [0, 0.1) is 5.82 Å². The topological polar surface area (TPSA) is 71.2 Å². The van der Waals surface area contributed by atoms with E-state index in [0.717, 1.165) is 0 Å². The predicted octanol–water partition coefficient (Wildman–Crippen LogP) is 1.67. The molecule has 3 rings (SSSR count). The molecule has 110 valence electrons. The second-order valence-corrected chi connectivity index (χ2v) is 5.66. The smallest absolute Gasteiger partial charge is 0.245 e. The summed E-state index contributed by atoms with van der Waals surface area (Å²) in [5, 5.41) is 3.49. The number of aromatic nitrogens is 1. The van der Waals surface area contributed by atoms with E-state index < -0.39 is 11.4 Å². The molecular weight excluding hydrogens is 271 g/mol. The van der Waals surface area contributed by atoms with Gasteiger partial charge >= 0.3 is 0 Å². The summed E-state index contributed by atoms with van der Waals surface area (Å²) >= 11 is 0. The average molecular weight is 288 g/mol. The van der Waals surface area contributed by atoms with Gasteiger partial charge in [0.25, 0.3) is 0 Å². The standard InChI is InChI=1S/C15H17FN4O/c1-15(2)14(21)19-6-7-20(15)13-10(16)8-11(17)9-4-3-5-18-12(9)13/h3-5,8H,6-7,17H2,1-2H3,(H,19,21). The Balaban J connectivity index is 2.27. The van der Waals surface area contributed by atoms with E-state index in [0.29, 0.717) is 35.4 Å². The van der Waals surface area contributed by atoms with Crippen molar-refractivity contribution in [3.63, 3.8) is 0 Å². The van der Waals surface area contributed by atoms with E-state index in [9.17, 15) is 9.18 Å². The van der Waals surface area contributed by atoms with Gasteiger partial charge in [-0.1, -0.05) is 0 Å². The Morgan fingerprint density at radius 1 is 1.48 bits per heavy atom. The number of hydrogen-bond donors (Lipinski definition) is 2. The molecule has 0 saturated carbocycles. The van der Waals surface area contributed by atoms with Crippen LogP contribution < -0.4 is 16.0 Å². The third-order valence-electron chi connectivity index (χ3n) is 3.97. The monoisotopic (exact) mass is 288 g/mol. The highest BCUT2D eigenvalue weighted by Gasteiger charge is 2.39. The number of piperazine rings is 1. The molecule has 1 fully saturated rings. The van der Waals surface area contributed by atoms with Crippen LogP contribution in [-0.2, 0) is 4.79 Å². The summed E-state index contributed by atoms with van der Waals surface area (Å²) in [7, 11) is 0. The quantitative estimate of drug-likeness (QED) is 0.783. The number of anilines is 2. The number of carbonyl (C=O) groups is 1. The molecule has 0 atom stereocenters. The largest absolute Gasteiger partial charge is 0.398 e. The molecule has 0 radical (unpaired) electrons. The molecule has 0 aliphatic carbocycles. The molecular formula is C15H17FN4O. The molecule has 6 heteroatoms. The number of nitrogen functional groups attached to an aromatic ring is 1. The highest BCUT2D eigenvalue weighted by atomic mass is 19.1. The van der Waals surface area contributed by atoms with Gasteiger partial charge in [-0.15, -0.1) is 0 Å². The van der Waals surface area contributed by atoms with E-state index in [1.165, 1.54) is 6.07 Å². The summed E-state index contributed by atoms with van der Waals surface area (Å²) in [5.41, 5.74) is 6.19. The van der Waals surface area contributed by atoms with Crippen molar-refractivity contribution < 1.29 is 9.18 Å². The Hall–Kier alpha value is -2.37. The van der Waals surface area contributed by atoms with Gasteiger partial charge in [0.2, 0.25) is 5.91 Å². The van der Waals surface area contributed by atoms with E-state index >= 15 is 0 Å². The minimum atomic E-state index is -0.848. The van der Waals surface area contributed by atoms with Gasteiger partial charge in [0.1, 0.15) is 11.2 Å². The second kappa shape index (κ2) is 4.58. The molecule has 2 aromatic rings. The number of benzene rings is 1. The van der Waals surface area contributed by atoms with Crippen LogP contribution in [0.1, 0.15) is 13.8 Å². The zero-order valence-electron chi connectivity index (χ0n) is 12.0. The first kappa shape index (κ1) is 13.6. The Labute approximate surface area is 121 Å². The molecule has 1 aliphatic heterocycles. The molecule has 1 amide bonds. The lowest BCUT2D eigenvalue weighted by Crippen LogP contribution is -2.62. The minimum Gasteiger partial charge on any atom is -0.398 e. The molecule has 5 nitrogen and oxygen atoms in total. The Kier molecular flexibility index (Phi) is 2.97. The maximum absolute atomic E-state index is 14.5. The van der Waals surface area contributed by atoms with Crippen molar-refractivity contribution in [3.8, 4) is 0 Å². The van der Waals surface area contributed by atoms with Gasteiger partial charge in [-0.05, 0) is 32.0 Å². The maximum atomic E-state index is 14.5. The third-order valence-corrected chi connectivity index (χ3v) is 3.97. The molecule has 0 unspecified atom stereocenters. The summed E-state index contributed by atoms with van der Waals surface area (Å²) in [6.45, 7) is 4.53. The lowest BCUT2D eigenvalue weighted by atomic mass is 9.97. The number of nitrogens with two attached hydrogens (primary N) is 1. The number of fused-ring (bicyclic) bond motifs is 1. The van der Waals surface area contributed by atoms with Crippen LogP contribution >= 0.6 is 0 Å². The van der Waals surface area contributed by atoms with Crippen LogP contribution in [0.4, 0.5) is 15.8 Å². The van der Waals surface area contributed by atoms with Crippen LogP contribution in [0.5, 0.6) is 0 Å². The first-order valence-corrected chi connectivity index (χ1v) is 6.81. The first-order valence-electron chi connectivity index (χ1n) is 6.81. The van der Waals surface area contributed by atoms with Gasteiger partial charge in [0.15, 0.2) is 5.82 Å². The van der Waals surface area contributed by atoms with Gasteiger partial charge in [-0.25, -0.2) is 4.39 Å². The molecule has 2 heterocycles. The van der Waals surface area contributed by atoms with Crippen LogP contribution in [-0.4, -0.2) is 29.5 Å². The number of nitrogens with zero attached hydrogens (tertiary/aromatic N) is 2. The van der Waals surface area contributed by atoms with Crippen LogP contribution in [0.2, 0.25) is 0 Å². The number of hydrogen-bond acceptors (Lipinski definition) is 4. The molecule has 3 N–H and O–H groups in total. The van der Waals surface area contributed by atoms with E-state index in [2.05, 4.69) is 10.3 Å². The van der Waals surface area contributed by atoms with Crippen molar-refractivity contribution in [2.45, 2.75) is 19.4 Å². The second-order valence-electron chi connectivity index (χ2n) is 5.66. The Morgan fingerprint density at radius 3 is 3.00 bits per heavy atom. The lowest BCUT2D eigenvalue weighted by Gasteiger charge is -2.43. The maximum Gasteiger partial charge on any atom is 0.245 e. The lowest BCUT2D eigenvalue weighted by molar-refractivity contribution is -0.126. The number of nitrogens with one attached hydrogen (secondary N) is 1. The van der Waals surface area contributed by atoms with Crippen LogP contribution in [0.15, 0.2) is 24.4 Å². The number of halogens is 1. The SMILES string of the molecule is CC1(C)C(=O)NCCN1c1c(F)cc(N)c2cccnc12. The molecule has 1 aliphatic rings. The molecule has 0 spiro atoms. The predicted molar refractivity (Wildman–Crippen MR) is 80.5 cm³/mol. The molecule has 1 aromatic carbocycles. The summed E-state index contributed by atoms with van der Waals surface area (Å²) in [6.07, 6.45) is 1.60. The molecule has 0 bridgehead atoms. The normalized spacial score (nSPS) is 17.9. The molecule has 1 saturated heterocycles. The first-order chi connectivity index (χ1) is 9.93. The van der Waals surface area contributed by atoms with E-state index in [1.807, 2.05) is 0 Å². The molecule has 1 aromatic heterocycles. The fraction of sp³-hybridized carbons (Fsp3) is 0.333. The molecule has 21 heavy (non-hydrogen) atoms. The number of carbonyl (C=O) groups excluding carboxylic acids is 1. The van der Waals surface area contributed by atoms with Crippen LogP contribution in [0.25, 0.3) is 10.9 Å². The summed E-state index contributed by atoms with van der Waals surface area (Å²) in [6, 6.07) is 4.86. The van der Waals surface area contributed by atoms with Crippen molar-refractivity contribution in [2.75, 3.05) is 23.7 Å².